The summed E-state index contributed by atoms with van der Waals surface area (Å²) in [6.07, 6.45) is 1.75. The van der Waals surface area contributed by atoms with Crippen LogP contribution in [-0.4, -0.2) is 34.3 Å². The number of carbonyl (C=O) groups excluding carboxylic acids is 2. The quantitative estimate of drug-likeness (QED) is 0.480. The van der Waals surface area contributed by atoms with Gasteiger partial charge in [-0.05, 0) is 77.4 Å². The Hall–Kier alpha value is -2.73. The number of carbonyl (C=O) groups is 2. The molecule has 2 amide bonds. The molecule has 2 aromatic carbocycles. The molecule has 182 valence electrons. The van der Waals surface area contributed by atoms with Crippen molar-refractivity contribution in [3.05, 3.63) is 63.1 Å². The largest absolute Gasteiger partial charge is 0.507 e. The van der Waals surface area contributed by atoms with Crippen molar-refractivity contribution in [1.29, 1.82) is 0 Å². The zero-order valence-electron chi connectivity index (χ0n) is 21.4. The Kier molecular flexibility index (Phi) is 7.23. The molecule has 0 unspecified atom stereocenters. The summed E-state index contributed by atoms with van der Waals surface area (Å²) in [5.74, 6) is 0.729. The Morgan fingerprint density at radius 3 is 2.12 bits per heavy atom. The minimum atomic E-state index is -0.317. The summed E-state index contributed by atoms with van der Waals surface area (Å²) in [5, 5.41) is 10.6. The maximum Gasteiger partial charge on any atom is 0.293 e. The molecule has 1 aliphatic heterocycles. The van der Waals surface area contributed by atoms with Crippen molar-refractivity contribution in [1.82, 2.24) is 4.90 Å². The van der Waals surface area contributed by atoms with Crippen LogP contribution in [0.15, 0.2) is 35.2 Å². The van der Waals surface area contributed by atoms with Crippen LogP contribution < -0.4 is 4.74 Å². The van der Waals surface area contributed by atoms with Gasteiger partial charge in [0.25, 0.3) is 11.1 Å². The lowest BCUT2D eigenvalue weighted by molar-refractivity contribution is -0.123. The van der Waals surface area contributed by atoms with E-state index < -0.39 is 0 Å². The fourth-order valence-corrected chi connectivity index (χ4v) is 4.70. The lowest BCUT2D eigenvalue weighted by Crippen LogP contribution is -2.32. The van der Waals surface area contributed by atoms with Crippen LogP contribution in [0.2, 0.25) is 0 Å². The normalized spacial score (nSPS) is 16.0. The number of imide groups is 1. The van der Waals surface area contributed by atoms with E-state index >= 15 is 0 Å². The average Bonchev–Trinajstić information content (AvgIpc) is 2.97. The van der Waals surface area contributed by atoms with Crippen molar-refractivity contribution in [2.24, 2.45) is 0 Å². The first-order chi connectivity index (χ1) is 15.7. The highest BCUT2D eigenvalue weighted by Gasteiger charge is 2.35. The number of nitrogens with zero attached hydrogens (tertiary/aromatic N) is 1. The van der Waals surface area contributed by atoms with Gasteiger partial charge in [-0.25, -0.2) is 0 Å². The number of hydrogen-bond donors (Lipinski definition) is 1. The van der Waals surface area contributed by atoms with Crippen molar-refractivity contribution in [2.75, 3.05) is 13.2 Å². The van der Waals surface area contributed by atoms with E-state index in [4.69, 9.17) is 4.74 Å². The summed E-state index contributed by atoms with van der Waals surface area (Å²) in [6.45, 7) is 16.6. The van der Waals surface area contributed by atoms with Gasteiger partial charge in [0.05, 0.1) is 11.4 Å². The number of thioether (sulfide) groups is 1. The molecule has 0 atom stereocenters. The molecule has 6 heteroatoms. The van der Waals surface area contributed by atoms with Crippen molar-refractivity contribution in [3.8, 4) is 11.5 Å². The highest BCUT2D eigenvalue weighted by Crippen LogP contribution is 2.41. The van der Waals surface area contributed by atoms with Crippen LogP contribution in [0.3, 0.4) is 0 Å². The first kappa shape index (κ1) is 25.9. The zero-order chi connectivity index (χ0) is 25.4. The van der Waals surface area contributed by atoms with Crippen LogP contribution in [0, 0.1) is 13.8 Å². The van der Waals surface area contributed by atoms with Crippen molar-refractivity contribution >= 4 is 29.0 Å². The summed E-state index contributed by atoms with van der Waals surface area (Å²) in [7, 11) is 0. The summed E-state index contributed by atoms with van der Waals surface area (Å²) in [6, 6.07) is 9.77. The number of phenolic OH excluding ortho intramolecular Hbond substituents is 1. The lowest BCUT2D eigenvalue weighted by atomic mass is 9.78. The Balaban J connectivity index is 1.84. The number of hydrogen-bond acceptors (Lipinski definition) is 5. The highest BCUT2D eigenvalue weighted by molar-refractivity contribution is 8.18. The molecule has 3 rings (SSSR count). The smallest absolute Gasteiger partial charge is 0.293 e. The molecule has 1 heterocycles. The van der Waals surface area contributed by atoms with Gasteiger partial charge < -0.3 is 9.84 Å². The standard InChI is InChI=1S/C28H35NO4S/c1-17-9-10-18(2)22(13-17)33-12-11-29-25(31)23(34-26(29)32)16-19-14-20(27(3,4)5)24(30)21(15-19)28(6,7)8/h9-10,13-16,30H,11-12H2,1-8H3/b23-16-. The van der Waals surface area contributed by atoms with Gasteiger partial charge in [-0.1, -0.05) is 53.7 Å². The Bertz CT molecular complexity index is 1120. The lowest BCUT2D eigenvalue weighted by Gasteiger charge is -2.28. The predicted molar refractivity (Wildman–Crippen MR) is 140 cm³/mol. The Labute approximate surface area is 207 Å². The fourth-order valence-electron chi connectivity index (χ4n) is 3.84. The molecule has 0 aromatic heterocycles. The van der Waals surface area contributed by atoms with Crippen LogP contribution in [0.1, 0.15) is 69.4 Å². The topological polar surface area (TPSA) is 66.8 Å². The second kappa shape index (κ2) is 9.49. The maximum atomic E-state index is 13.0. The first-order valence-corrected chi connectivity index (χ1v) is 12.3. The van der Waals surface area contributed by atoms with Gasteiger partial charge >= 0.3 is 0 Å². The molecule has 0 aliphatic carbocycles. The molecule has 1 fully saturated rings. The molecule has 0 spiro atoms. The van der Waals surface area contributed by atoms with Gasteiger partial charge in [0.1, 0.15) is 18.1 Å². The highest BCUT2D eigenvalue weighted by atomic mass is 32.2. The monoisotopic (exact) mass is 481 g/mol. The third-order valence-corrected chi connectivity index (χ3v) is 6.74. The number of benzene rings is 2. The number of rotatable bonds is 5. The number of aromatic hydroxyl groups is 1. The van der Waals surface area contributed by atoms with Gasteiger partial charge in [0.2, 0.25) is 0 Å². The molecular formula is C28H35NO4S. The van der Waals surface area contributed by atoms with E-state index in [2.05, 4.69) is 0 Å². The minimum Gasteiger partial charge on any atom is -0.507 e. The summed E-state index contributed by atoms with van der Waals surface area (Å²) in [5.41, 5.74) is 3.96. The Morgan fingerprint density at radius 1 is 0.971 bits per heavy atom. The van der Waals surface area contributed by atoms with Crippen LogP contribution in [0.5, 0.6) is 11.5 Å². The maximum absolute atomic E-state index is 13.0. The number of amides is 2. The second-order valence-electron chi connectivity index (χ2n) is 10.9. The fraction of sp³-hybridized carbons (Fsp3) is 0.429. The molecule has 2 aromatic rings. The van der Waals surface area contributed by atoms with Gasteiger partial charge in [-0.2, -0.15) is 0 Å². The molecule has 1 aliphatic rings. The predicted octanol–water partition coefficient (Wildman–Crippen LogP) is 6.72. The van der Waals surface area contributed by atoms with E-state index in [1.54, 1.807) is 6.08 Å². The van der Waals surface area contributed by atoms with Gasteiger partial charge in [-0.15, -0.1) is 0 Å². The van der Waals surface area contributed by atoms with Crippen LogP contribution in [0.4, 0.5) is 4.79 Å². The molecule has 1 saturated heterocycles. The molecule has 34 heavy (non-hydrogen) atoms. The van der Waals surface area contributed by atoms with E-state index in [1.165, 1.54) is 4.90 Å². The SMILES string of the molecule is Cc1ccc(C)c(OCCN2C(=O)S/C(=C\c3cc(C(C)(C)C)c(O)c(C(C)(C)C)c3)C2=O)c1. The summed E-state index contributed by atoms with van der Waals surface area (Å²) < 4.78 is 5.85. The molecule has 1 N–H and O–H groups in total. The van der Waals surface area contributed by atoms with Crippen molar-refractivity contribution in [3.63, 3.8) is 0 Å². The molecule has 0 bridgehead atoms. The van der Waals surface area contributed by atoms with Crippen LogP contribution in [0.25, 0.3) is 6.08 Å². The summed E-state index contributed by atoms with van der Waals surface area (Å²) >= 11 is 0.940. The van der Waals surface area contributed by atoms with E-state index in [-0.39, 0.29) is 40.9 Å². The van der Waals surface area contributed by atoms with E-state index in [0.717, 1.165) is 45.3 Å². The summed E-state index contributed by atoms with van der Waals surface area (Å²) in [4.78, 5) is 27.2. The van der Waals surface area contributed by atoms with Crippen molar-refractivity contribution < 1.29 is 19.4 Å². The van der Waals surface area contributed by atoms with Crippen LogP contribution >= 0.6 is 11.8 Å². The number of phenols is 1. The number of ether oxygens (including phenoxy) is 1. The van der Waals surface area contributed by atoms with Gasteiger partial charge in [0, 0.05) is 11.1 Å². The second-order valence-corrected chi connectivity index (χ2v) is 11.9. The Morgan fingerprint density at radius 2 is 1.56 bits per heavy atom. The third-order valence-electron chi connectivity index (χ3n) is 5.84. The van der Waals surface area contributed by atoms with Crippen molar-refractivity contribution in [2.45, 2.75) is 66.2 Å². The van der Waals surface area contributed by atoms with E-state index in [1.807, 2.05) is 85.7 Å². The van der Waals surface area contributed by atoms with Crippen LogP contribution in [-0.2, 0) is 15.6 Å². The molecule has 5 nitrogen and oxygen atoms in total. The minimum absolute atomic E-state index is 0.186. The van der Waals surface area contributed by atoms with Gasteiger partial charge in [0.15, 0.2) is 0 Å². The first-order valence-electron chi connectivity index (χ1n) is 11.5. The van der Waals surface area contributed by atoms with E-state index in [9.17, 15) is 14.7 Å². The third kappa shape index (κ3) is 5.66. The molecule has 0 radical (unpaired) electrons. The zero-order valence-corrected chi connectivity index (χ0v) is 22.2. The molecule has 0 saturated carbocycles. The average molecular weight is 482 g/mol. The van der Waals surface area contributed by atoms with E-state index in [0.29, 0.717) is 4.91 Å². The number of aryl methyl sites for hydroxylation is 2. The molecular weight excluding hydrogens is 446 g/mol. The van der Waals surface area contributed by atoms with Gasteiger partial charge in [-0.3, -0.25) is 14.5 Å².